The third-order valence-electron chi connectivity index (χ3n) is 7.30. The summed E-state index contributed by atoms with van der Waals surface area (Å²) in [7, 11) is 1.66. The van der Waals surface area contributed by atoms with Crippen molar-refractivity contribution in [3.8, 4) is 5.75 Å². The monoisotopic (exact) mass is 494 g/mol. The molecular weight excluding hydrogens is 460 g/mol. The highest BCUT2D eigenvalue weighted by Gasteiger charge is 2.32. The van der Waals surface area contributed by atoms with Crippen LogP contribution in [-0.4, -0.2) is 65.1 Å². The molecule has 0 radical (unpaired) electrons. The lowest BCUT2D eigenvalue weighted by Crippen LogP contribution is -2.58. The lowest BCUT2D eigenvalue weighted by Gasteiger charge is -2.40. The van der Waals surface area contributed by atoms with Crippen molar-refractivity contribution in [1.82, 2.24) is 19.7 Å². The van der Waals surface area contributed by atoms with Crippen molar-refractivity contribution >= 4 is 33.5 Å². The van der Waals surface area contributed by atoms with Crippen molar-refractivity contribution in [2.24, 2.45) is 0 Å². The van der Waals surface area contributed by atoms with Crippen LogP contribution in [0.4, 0.5) is 4.79 Å². The second-order valence-corrected chi connectivity index (χ2v) is 10.6. The van der Waals surface area contributed by atoms with Crippen molar-refractivity contribution in [3.63, 3.8) is 0 Å². The summed E-state index contributed by atoms with van der Waals surface area (Å²) in [6, 6.07) is 12.3. The second-order valence-electron chi connectivity index (χ2n) is 9.73. The van der Waals surface area contributed by atoms with E-state index < -0.39 is 0 Å². The van der Waals surface area contributed by atoms with Crippen molar-refractivity contribution in [2.75, 3.05) is 26.7 Å². The van der Waals surface area contributed by atoms with Gasteiger partial charge in [-0.1, -0.05) is 31.4 Å². The first-order chi connectivity index (χ1) is 17.0. The Kier molecular flexibility index (Phi) is 7.00. The van der Waals surface area contributed by atoms with Crippen molar-refractivity contribution in [3.05, 3.63) is 53.0 Å². The summed E-state index contributed by atoms with van der Waals surface area (Å²) in [5, 5.41) is 6.37. The van der Waals surface area contributed by atoms with Crippen LogP contribution in [0.2, 0.25) is 0 Å². The van der Waals surface area contributed by atoms with Crippen LogP contribution in [0.25, 0.3) is 10.2 Å². The molecule has 0 spiro atoms. The third kappa shape index (κ3) is 5.03. The van der Waals surface area contributed by atoms with E-state index in [-0.39, 0.29) is 24.0 Å². The minimum absolute atomic E-state index is 0.0124. The van der Waals surface area contributed by atoms with Crippen LogP contribution in [0.3, 0.4) is 0 Å². The second kappa shape index (κ2) is 10.3. The van der Waals surface area contributed by atoms with E-state index in [1.807, 2.05) is 41.0 Å². The van der Waals surface area contributed by atoms with Crippen LogP contribution in [0.5, 0.6) is 5.75 Å². The lowest BCUT2D eigenvalue weighted by atomic mass is 9.96. The fraction of sp³-hybridized carbons (Fsp3) is 0.481. The molecule has 3 amide bonds. The first-order valence-electron chi connectivity index (χ1n) is 12.6. The predicted octanol–water partition coefficient (Wildman–Crippen LogP) is 4.95. The summed E-state index contributed by atoms with van der Waals surface area (Å²) in [5.41, 5.74) is 1.78. The maximum absolute atomic E-state index is 13.7. The number of aromatic nitrogens is 1. The molecule has 1 saturated carbocycles. The molecule has 1 N–H and O–H groups in total. The van der Waals surface area contributed by atoms with E-state index in [4.69, 9.17) is 4.74 Å². The Morgan fingerprint density at radius 3 is 2.71 bits per heavy atom. The third-order valence-corrected chi connectivity index (χ3v) is 8.26. The zero-order valence-electron chi connectivity index (χ0n) is 20.5. The van der Waals surface area contributed by atoms with E-state index in [1.165, 1.54) is 19.3 Å². The number of nitrogens with one attached hydrogen (secondary N) is 1. The van der Waals surface area contributed by atoms with Gasteiger partial charge in [0.15, 0.2) is 0 Å². The number of carbonyl (C=O) groups excluding carboxylic acids is 2. The van der Waals surface area contributed by atoms with Crippen LogP contribution < -0.4 is 10.1 Å². The molecule has 1 saturated heterocycles. The van der Waals surface area contributed by atoms with Gasteiger partial charge in [0, 0.05) is 43.6 Å². The zero-order chi connectivity index (χ0) is 24.4. The van der Waals surface area contributed by atoms with Gasteiger partial charge in [0.1, 0.15) is 16.3 Å². The van der Waals surface area contributed by atoms with Gasteiger partial charge in [0.25, 0.3) is 5.91 Å². The Balaban J connectivity index is 1.30. The molecular formula is C27H34N4O3S. The van der Waals surface area contributed by atoms with Gasteiger partial charge in [-0.05, 0) is 55.0 Å². The Labute approximate surface area is 210 Å². The number of benzene rings is 1. The molecule has 1 unspecified atom stereocenters. The minimum Gasteiger partial charge on any atom is -0.497 e. The minimum atomic E-state index is -0.0285. The molecule has 1 atom stereocenters. The SMILES string of the molecule is COc1cccc(Cn2c(C(=O)N3CCN(C(=O)NC4CCCCC4)C(C)C3)cc3ccsc32)c1. The number of amides is 3. The van der Waals surface area contributed by atoms with E-state index >= 15 is 0 Å². The Morgan fingerprint density at radius 2 is 1.94 bits per heavy atom. The lowest BCUT2D eigenvalue weighted by molar-refractivity contribution is 0.0566. The van der Waals surface area contributed by atoms with E-state index in [2.05, 4.69) is 27.4 Å². The summed E-state index contributed by atoms with van der Waals surface area (Å²) < 4.78 is 7.50. The first-order valence-corrected chi connectivity index (χ1v) is 13.5. The summed E-state index contributed by atoms with van der Waals surface area (Å²) >= 11 is 1.65. The van der Waals surface area contributed by atoms with Gasteiger partial charge >= 0.3 is 6.03 Å². The summed E-state index contributed by atoms with van der Waals surface area (Å²) in [6.45, 7) is 4.26. The van der Waals surface area contributed by atoms with Crippen LogP contribution in [-0.2, 0) is 6.54 Å². The molecule has 0 bridgehead atoms. The molecule has 186 valence electrons. The predicted molar refractivity (Wildman–Crippen MR) is 139 cm³/mol. The van der Waals surface area contributed by atoms with E-state index in [0.717, 1.165) is 34.4 Å². The molecule has 3 heterocycles. The molecule has 1 aliphatic heterocycles. The highest BCUT2D eigenvalue weighted by Crippen LogP contribution is 2.28. The van der Waals surface area contributed by atoms with Gasteiger partial charge < -0.3 is 24.4 Å². The summed E-state index contributed by atoms with van der Waals surface area (Å²) in [4.78, 5) is 31.5. The number of thiophene rings is 1. The van der Waals surface area contributed by atoms with Gasteiger partial charge in [0.05, 0.1) is 7.11 Å². The molecule has 2 aromatic heterocycles. The Bertz CT molecular complexity index is 1200. The fourth-order valence-electron chi connectivity index (χ4n) is 5.37. The number of hydrogen-bond acceptors (Lipinski definition) is 4. The van der Waals surface area contributed by atoms with Crippen LogP contribution in [0, 0.1) is 0 Å². The fourth-order valence-corrected chi connectivity index (χ4v) is 6.27. The van der Waals surface area contributed by atoms with Crippen LogP contribution in [0.1, 0.15) is 55.1 Å². The van der Waals surface area contributed by atoms with E-state index in [9.17, 15) is 9.59 Å². The number of rotatable bonds is 5. The number of methoxy groups -OCH3 is 1. The molecule has 3 aromatic rings. The Hall–Kier alpha value is -3.00. The van der Waals surface area contributed by atoms with Crippen molar-refractivity contribution < 1.29 is 14.3 Å². The largest absolute Gasteiger partial charge is 0.497 e. The summed E-state index contributed by atoms with van der Waals surface area (Å²) in [5.74, 6) is 0.830. The molecule has 2 aliphatic rings. The van der Waals surface area contributed by atoms with Gasteiger partial charge in [0.2, 0.25) is 0 Å². The smallest absolute Gasteiger partial charge is 0.317 e. The molecule has 35 heavy (non-hydrogen) atoms. The number of fused-ring (bicyclic) bond motifs is 1. The van der Waals surface area contributed by atoms with Gasteiger partial charge in [-0.3, -0.25) is 4.79 Å². The number of hydrogen-bond donors (Lipinski definition) is 1. The van der Waals surface area contributed by atoms with E-state index in [1.54, 1.807) is 18.4 Å². The molecule has 2 fully saturated rings. The molecule has 8 heteroatoms. The number of urea groups is 1. The van der Waals surface area contributed by atoms with Crippen molar-refractivity contribution in [1.29, 1.82) is 0 Å². The van der Waals surface area contributed by atoms with Gasteiger partial charge in [-0.15, -0.1) is 11.3 Å². The zero-order valence-corrected chi connectivity index (χ0v) is 21.4. The molecule has 1 aromatic carbocycles. The Morgan fingerprint density at radius 1 is 1.11 bits per heavy atom. The highest BCUT2D eigenvalue weighted by atomic mass is 32.1. The number of piperazine rings is 1. The molecule has 7 nitrogen and oxygen atoms in total. The number of carbonyl (C=O) groups is 2. The maximum Gasteiger partial charge on any atom is 0.317 e. The summed E-state index contributed by atoms with van der Waals surface area (Å²) in [6.07, 6.45) is 5.78. The van der Waals surface area contributed by atoms with Gasteiger partial charge in [-0.25, -0.2) is 4.79 Å². The number of nitrogens with zero attached hydrogens (tertiary/aromatic N) is 3. The average molecular weight is 495 g/mol. The van der Waals surface area contributed by atoms with E-state index in [0.29, 0.717) is 31.9 Å². The normalized spacial score (nSPS) is 19.2. The maximum atomic E-state index is 13.7. The highest BCUT2D eigenvalue weighted by molar-refractivity contribution is 7.16. The van der Waals surface area contributed by atoms with Crippen molar-refractivity contribution in [2.45, 2.75) is 57.7 Å². The standard InChI is InChI=1S/C27H34N4O3S/c1-19-17-29(12-13-30(19)27(33)28-22-8-4-3-5-9-22)25(32)24-16-21-11-14-35-26(21)31(24)18-20-7-6-10-23(15-20)34-2/h6-7,10-11,14-16,19,22H,3-5,8-9,12-13,17-18H2,1-2H3,(H,28,33). The first kappa shape index (κ1) is 23.7. The quantitative estimate of drug-likeness (QED) is 0.546. The van der Waals surface area contributed by atoms with Crippen LogP contribution >= 0.6 is 11.3 Å². The van der Waals surface area contributed by atoms with Gasteiger partial charge in [-0.2, -0.15) is 0 Å². The number of ether oxygens (including phenoxy) is 1. The topological polar surface area (TPSA) is 66.8 Å². The molecule has 1 aliphatic carbocycles. The average Bonchev–Trinajstić information content (AvgIpc) is 3.47. The molecule has 5 rings (SSSR count). The van der Waals surface area contributed by atoms with Crippen LogP contribution in [0.15, 0.2) is 41.8 Å².